The minimum absolute atomic E-state index is 0.172. The predicted molar refractivity (Wildman–Crippen MR) is 59.3 cm³/mol. The fourth-order valence-corrected chi connectivity index (χ4v) is 2.03. The van der Waals surface area contributed by atoms with Gasteiger partial charge in [0, 0.05) is 12.7 Å². The number of rotatable bonds is 3. The summed E-state index contributed by atoms with van der Waals surface area (Å²) in [6, 6.07) is -0.447. The first-order valence-electron chi connectivity index (χ1n) is 5.70. The van der Waals surface area contributed by atoms with Crippen LogP contribution in [0.15, 0.2) is 12.4 Å². The van der Waals surface area contributed by atoms with Crippen LogP contribution in [0.5, 0.6) is 0 Å². The fraction of sp³-hybridized carbons (Fsp3) is 0.545. The molecule has 1 atom stereocenters. The molecule has 0 spiro atoms. The largest absolute Gasteiger partial charge is 0.464 e. The normalized spacial score (nSPS) is 19.4. The average Bonchev–Trinajstić information content (AvgIpc) is 3.00. The summed E-state index contributed by atoms with van der Waals surface area (Å²) >= 11 is 0. The molecule has 2 rings (SSSR count). The Morgan fingerprint density at radius 2 is 2.47 bits per heavy atom. The zero-order valence-electron chi connectivity index (χ0n) is 9.68. The molecule has 0 saturated carbocycles. The van der Waals surface area contributed by atoms with Crippen molar-refractivity contribution in [3.05, 3.63) is 18.0 Å². The maximum absolute atomic E-state index is 12.1. The molecule has 17 heavy (non-hydrogen) atoms. The van der Waals surface area contributed by atoms with Gasteiger partial charge >= 0.3 is 5.97 Å². The third-order valence-corrected chi connectivity index (χ3v) is 2.82. The highest BCUT2D eigenvalue weighted by atomic mass is 16.5. The van der Waals surface area contributed by atoms with Gasteiger partial charge in [0.25, 0.3) is 5.91 Å². The number of carbonyl (C=O) groups excluding carboxylic acids is 2. The van der Waals surface area contributed by atoms with Crippen molar-refractivity contribution in [3.8, 4) is 0 Å². The van der Waals surface area contributed by atoms with Crippen molar-refractivity contribution < 1.29 is 14.3 Å². The van der Waals surface area contributed by atoms with Crippen LogP contribution >= 0.6 is 0 Å². The van der Waals surface area contributed by atoms with Crippen LogP contribution < -0.4 is 0 Å². The van der Waals surface area contributed by atoms with Crippen LogP contribution in [0.1, 0.15) is 30.1 Å². The van der Waals surface area contributed by atoms with Gasteiger partial charge in [-0.2, -0.15) is 5.10 Å². The van der Waals surface area contributed by atoms with Crippen LogP contribution in [0.25, 0.3) is 0 Å². The zero-order chi connectivity index (χ0) is 12.3. The SMILES string of the molecule is CCOC(=O)C1CCCN1C(=O)c1cn[nH]c1. The smallest absolute Gasteiger partial charge is 0.328 e. The molecule has 92 valence electrons. The summed E-state index contributed by atoms with van der Waals surface area (Å²) in [6.07, 6.45) is 4.49. The van der Waals surface area contributed by atoms with E-state index in [4.69, 9.17) is 4.74 Å². The lowest BCUT2D eigenvalue weighted by Crippen LogP contribution is -2.41. The van der Waals surface area contributed by atoms with Crippen molar-refractivity contribution in [1.82, 2.24) is 15.1 Å². The summed E-state index contributed by atoms with van der Waals surface area (Å²) in [4.78, 5) is 25.3. The van der Waals surface area contributed by atoms with Crippen LogP contribution in [-0.4, -0.2) is 46.2 Å². The Morgan fingerprint density at radius 1 is 1.65 bits per heavy atom. The Balaban J connectivity index is 2.09. The highest BCUT2D eigenvalue weighted by Gasteiger charge is 2.35. The van der Waals surface area contributed by atoms with Gasteiger partial charge in [-0.15, -0.1) is 0 Å². The molecule has 1 aliphatic rings. The Labute approximate surface area is 98.9 Å². The third-order valence-electron chi connectivity index (χ3n) is 2.82. The summed E-state index contributed by atoms with van der Waals surface area (Å²) in [7, 11) is 0. The maximum atomic E-state index is 12.1. The molecule has 1 aromatic heterocycles. The van der Waals surface area contributed by atoms with E-state index in [9.17, 15) is 9.59 Å². The second-order valence-electron chi connectivity index (χ2n) is 3.90. The number of hydrogen-bond donors (Lipinski definition) is 1. The third kappa shape index (κ3) is 2.30. The number of ether oxygens (including phenoxy) is 1. The number of amides is 1. The van der Waals surface area contributed by atoms with Crippen LogP contribution in [0.4, 0.5) is 0 Å². The lowest BCUT2D eigenvalue weighted by molar-refractivity contribution is -0.147. The molecule has 1 amide bonds. The van der Waals surface area contributed by atoms with Gasteiger partial charge in [0.1, 0.15) is 6.04 Å². The van der Waals surface area contributed by atoms with Gasteiger partial charge in [0.15, 0.2) is 0 Å². The van der Waals surface area contributed by atoms with E-state index in [-0.39, 0.29) is 11.9 Å². The Kier molecular flexibility index (Phi) is 3.41. The number of nitrogens with zero attached hydrogens (tertiary/aromatic N) is 2. The van der Waals surface area contributed by atoms with Crippen LogP contribution in [-0.2, 0) is 9.53 Å². The van der Waals surface area contributed by atoms with Crippen molar-refractivity contribution in [1.29, 1.82) is 0 Å². The predicted octanol–water partition coefficient (Wildman–Crippen LogP) is 0.577. The fourth-order valence-electron chi connectivity index (χ4n) is 2.03. The minimum atomic E-state index is -0.447. The Morgan fingerprint density at radius 3 is 3.12 bits per heavy atom. The molecule has 2 heterocycles. The first-order chi connectivity index (χ1) is 8.24. The van der Waals surface area contributed by atoms with Crippen molar-refractivity contribution >= 4 is 11.9 Å². The molecule has 0 aromatic carbocycles. The number of aromatic amines is 1. The topological polar surface area (TPSA) is 75.3 Å². The number of likely N-dealkylation sites (tertiary alicyclic amines) is 1. The zero-order valence-corrected chi connectivity index (χ0v) is 9.68. The number of nitrogens with one attached hydrogen (secondary N) is 1. The average molecular weight is 237 g/mol. The molecule has 6 nitrogen and oxygen atoms in total. The molecule has 1 aliphatic heterocycles. The summed E-state index contributed by atoms with van der Waals surface area (Å²) in [5, 5.41) is 6.32. The standard InChI is InChI=1S/C11H15N3O3/c1-2-17-11(16)9-4-3-5-14(9)10(15)8-6-12-13-7-8/h6-7,9H,2-5H2,1H3,(H,12,13). The lowest BCUT2D eigenvalue weighted by Gasteiger charge is -2.22. The molecule has 0 aliphatic carbocycles. The van der Waals surface area contributed by atoms with Crippen molar-refractivity contribution in [2.24, 2.45) is 0 Å². The van der Waals surface area contributed by atoms with Crippen molar-refractivity contribution in [3.63, 3.8) is 0 Å². The van der Waals surface area contributed by atoms with E-state index in [1.54, 1.807) is 11.8 Å². The van der Waals surface area contributed by atoms with Crippen LogP contribution in [0, 0.1) is 0 Å². The molecule has 1 saturated heterocycles. The molecule has 0 bridgehead atoms. The number of esters is 1. The highest BCUT2D eigenvalue weighted by Crippen LogP contribution is 2.20. The van der Waals surface area contributed by atoms with Crippen LogP contribution in [0.3, 0.4) is 0 Å². The first-order valence-corrected chi connectivity index (χ1v) is 5.70. The molecular formula is C11H15N3O3. The van der Waals surface area contributed by atoms with Gasteiger partial charge in [0.2, 0.25) is 0 Å². The Bertz CT molecular complexity index is 402. The second kappa shape index (κ2) is 4.99. The monoisotopic (exact) mass is 237 g/mol. The minimum Gasteiger partial charge on any atom is -0.464 e. The van der Waals surface area contributed by atoms with Gasteiger partial charge in [-0.05, 0) is 19.8 Å². The lowest BCUT2D eigenvalue weighted by atomic mass is 10.2. The molecule has 1 unspecified atom stereocenters. The summed E-state index contributed by atoms with van der Waals surface area (Å²) in [5.41, 5.74) is 0.473. The summed E-state index contributed by atoms with van der Waals surface area (Å²) in [5.74, 6) is -0.490. The van der Waals surface area contributed by atoms with E-state index >= 15 is 0 Å². The van der Waals surface area contributed by atoms with E-state index < -0.39 is 6.04 Å². The van der Waals surface area contributed by atoms with Gasteiger partial charge in [-0.3, -0.25) is 9.89 Å². The van der Waals surface area contributed by atoms with E-state index in [0.717, 1.165) is 6.42 Å². The molecule has 1 aromatic rings. The second-order valence-corrected chi connectivity index (χ2v) is 3.90. The Hall–Kier alpha value is -1.85. The number of hydrogen-bond acceptors (Lipinski definition) is 4. The summed E-state index contributed by atoms with van der Waals surface area (Å²) in [6.45, 7) is 2.69. The highest BCUT2D eigenvalue weighted by molar-refractivity contribution is 5.96. The van der Waals surface area contributed by atoms with E-state index in [0.29, 0.717) is 25.1 Å². The van der Waals surface area contributed by atoms with Crippen LogP contribution in [0.2, 0.25) is 0 Å². The number of aromatic nitrogens is 2. The molecular weight excluding hydrogens is 222 g/mol. The van der Waals surface area contributed by atoms with Crippen molar-refractivity contribution in [2.75, 3.05) is 13.2 Å². The van der Waals surface area contributed by atoms with Gasteiger partial charge in [-0.1, -0.05) is 0 Å². The first kappa shape index (κ1) is 11.6. The molecule has 6 heteroatoms. The van der Waals surface area contributed by atoms with Gasteiger partial charge in [-0.25, -0.2) is 4.79 Å². The van der Waals surface area contributed by atoms with Gasteiger partial charge in [0.05, 0.1) is 18.4 Å². The van der Waals surface area contributed by atoms with E-state index in [1.165, 1.54) is 12.4 Å². The number of H-pyrrole nitrogens is 1. The van der Waals surface area contributed by atoms with Crippen molar-refractivity contribution in [2.45, 2.75) is 25.8 Å². The molecule has 1 N–H and O–H groups in total. The summed E-state index contributed by atoms with van der Waals surface area (Å²) < 4.78 is 4.97. The molecule has 1 fully saturated rings. The quantitative estimate of drug-likeness (QED) is 0.780. The maximum Gasteiger partial charge on any atom is 0.328 e. The van der Waals surface area contributed by atoms with Gasteiger partial charge < -0.3 is 9.64 Å². The van der Waals surface area contributed by atoms with E-state index in [2.05, 4.69) is 10.2 Å². The molecule has 0 radical (unpaired) electrons. The number of carbonyl (C=O) groups is 2. The van der Waals surface area contributed by atoms with E-state index in [1.807, 2.05) is 0 Å².